The van der Waals surface area contributed by atoms with Crippen molar-refractivity contribution in [1.82, 2.24) is 0 Å². The van der Waals surface area contributed by atoms with Crippen LogP contribution in [0.5, 0.6) is 11.5 Å². The van der Waals surface area contributed by atoms with Crippen LogP contribution in [0.25, 0.3) is 10.8 Å². The van der Waals surface area contributed by atoms with Crippen molar-refractivity contribution in [2.75, 3.05) is 5.73 Å². The molecular formula is C22H17N5O14S4. The first-order chi connectivity index (χ1) is 20.6. The average Bonchev–Trinajstić information content (AvgIpc) is 2.90. The van der Waals surface area contributed by atoms with E-state index in [-0.39, 0.29) is 11.4 Å². The van der Waals surface area contributed by atoms with Crippen LogP contribution in [0, 0.1) is 0 Å². The maximum absolute atomic E-state index is 12.2. The summed E-state index contributed by atoms with van der Waals surface area (Å²) in [5, 5.41) is 34.7. The summed E-state index contributed by atoms with van der Waals surface area (Å²) in [5.74, 6) is -2.51. The van der Waals surface area contributed by atoms with Gasteiger partial charge in [-0.15, -0.1) is 15.3 Å². The Balaban J connectivity index is 2.01. The van der Waals surface area contributed by atoms with Crippen LogP contribution in [0.15, 0.2) is 94.6 Å². The third-order valence-electron chi connectivity index (χ3n) is 5.73. The van der Waals surface area contributed by atoms with Gasteiger partial charge in [0.1, 0.15) is 31.7 Å². The van der Waals surface area contributed by atoms with Gasteiger partial charge >= 0.3 is 0 Å². The predicted molar refractivity (Wildman–Crippen MR) is 152 cm³/mol. The highest BCUT2D eigenvalue weighted by Gasteiger charge is 2.29. The van der Waals surface area contributed by atoms with Crippen LogP contribution >= 0.6 is 0 Å². The van der Waals surface area contributed by atoms with Crippen LogP contribution in [0.2, 0.25) is 0 Å². The van der Waals surface area contributed by atoms with Crippen molar-refractivity contribution in [3.05, 3.63) is 54.6 Å². The summed E-state index contributed by atoms with van der Waals surface area (Å²) in [6, 6.07) is 7.77. The van der Waals surface area contributed by atoms with Crippen LogP contribution in [0.4, 0.5) is 28.4 Å². The van der Waals surface area contributed by atoms with E-state index in [1.165, 1.54) is 0 Å². The number of nitrogens with two attached hydrogens (primary N) is 1. The molecule has 0 saturated carbocycles. The standard InChI is InChI=1S/C22H17N5O14S4/c23-11-1-6-14(15(9-11)43(33,34)35)25-27-20-17(45(39,40)41)8-10-7-16(44(36,37)38)19(21(28)18(10)22(20)29)26-24-12-2-4-13(5-3-12)42(30,31)32/h1-9,28-29H,23H2,(H,30,31,32)(H,33,34,35)(H,36,37,38)(H,39,40,41)/b26-24+,27-25+. The molecule has 0 fully saturated rings. The zero-order valence-corrected chi connectivity index (χ0v) is 24.9. The van der Waals surface area contributed by atoms with Crippen LogP contribution in [-0.4, -0.2) is 62.1 Å². The molecule has 0 aliphatic carbocycles. The van der Waals surface area contributed by atoms with Crippen molar-refractivity contribution >= 4 is 79.7 Å². The number of nitrogen functional groups attached to an aromatic ring is 1. The quantitative estimate of drug-likeness (QED) is 0.0782. The number of nitrogens with zero attached hydrogens (tertiary/aromatic N) is 4. The summed E-state index contributed by atoms with van der Waals surface area (Å²) in [4.78, 5) is -3.81. The molecule has 8 N–H and O–H groups in total. The van der Waals surface area contributed by atoms with E-state index in [2.05, 4.69) is 20.5 Å². The minimum atomic E-state index is -5.33. The van der Waals surface area contributed by atoms with Crippen LogP contribution in [-0.2, 0) is 40.5 Å². The Hall–Kier alpha value is -4.62. The molecule has 4 rings (SSSR count). The van der Waals surface area contributed by atoms with Crippen LogP contribution in [0.3, 0.4) is 0 Å². The highest BCUT2D eigenvalue weighted by Crippen LogP contribution is 2.50. The Labute approximate surface area is 253 Å². The number of hydrogen-bond donors (Lipinski definition) is 7. The first-order valence-electron chi connectivity index (χ1n) is 11.4. The van der Waals surface area contributed by atoms with Gasteiger partial charge in [0.25, 0.3) is 40.5 Å². The van der Waals surface area contributed by atoms with E-state index < -0.39 is 99.4 Å². The lowest BCUT2D eigenvalue weighted by Gasteiger charge is -2.13. The summed E-state index contributed by atoms with van der Waals surface area (Å²) >= 11 is 0. The first kappa shape index (κ1) is 33.3. The number of fused-ring (bicyclic) bond motifs is 1. The van der Waals surface area contributed by atoms with Gasteiger partial charge in [-0.2, -0.15) is 38.8 Å². The molecule has 0 radical (unpaired) electrons. The highest BCUT2D eigenvalue weighted by atomic mass is 32.2. The molecule has 0 heterocycles. The number of aromatic hydroxyl groups is 2. The fourth-order valence-corrected chi connectivity index (χ4v) is 6.22. The zero-order valence-electron chi connectivity index (χ0n) is 21.6. The number of azo groups is 2. The molecule has 19 nitrogen and oxygen atoms in total. The molecule has 238 valence electrons. The fourth-order valence-electron chi connectivity index (χ4n) is 3.76. The van der Waals surface area contributed by atoms with Gasteiger partial charge < -0.3 is 15.9 Å². The van der Waals surface area contributed by atoms with Crippen molar-refractivity contribution in [2.24, 2.45) is 20.5 Å². The molecule has 0 bridgehead atoms. The first-order valence-corrected chi connectivity index (χ1v) is 17.1. The molecular weight excluding hydrogens is 687 g/mol. The van der Waals surface area contributed by atoms with Crippen molar-refractivity contribution in [1.29, 1.82) is 0 Å². The van der Waals surface area contributed by atoms with E-state index in [0.717, 1.165) is 42.5 Å². The normalized spacial score (nSPS) is 13.2. The largest absolute Gasteiger partial charge is 0.505 e. The van der Waals surface area contributed by atoms with Gasteiger partial charge in [0, 0.05) is 5.69 Å². The number of phenols is 2. The van der Waals surface area contributed by atoms with Crippen molar-refractivity contribution in [3.8, 4) is 11.5 Å². The number of anilines is 1. The minimum Gasteiger partial charge on any atom is -0.505 e. The van der Waals surface area contributed by atoms with E-state index in [9.17, 15) is 57.5 Å². The van der Waals surface area contributed by atoms with Gasteiger partial charge in [0.2, 0.25) is 0 Å². The molecule has 0 aliphatic rings. The Morgan fingerprint density at radius 1 is 0.533 bits per heavy atom. The lowest BCUT2D eigenvalue weighted by Crippen LogP contribution is -2.02. The summed E-state index contributed by atoms with van der Waals surface area (Å²) in [7, 11) is -20.1. The minimum absolute atomic E-state index is 0.135. The number of phenolic OH excluding ortho intramolecular Hbond substituents is 2. The highest BCUT2D eigenvalue weighted by molar-refractivity contribution is 7.86. The van der Waals surface area contributed by atoms with Gasteiger partial charge in [-0.05, 0) is 60.0 Å². The number of rotatable bonds is 8. The molecule has 0 amide bonds. The summed E-state index contributed by atoms with van der Waals surface area (Å²) in [6.07, 6.45) is 0. The monoisotopic (exact) mass is 703 g/mol. The maximum Gasteiger partial charge on any atom is 0.296 e. The van der Waals surface area contributed by atoms with E-state index in [4.69, 9.17) is 10.3 Å². The van der Waals surface area contributed by atoms with Gasteiger partial charge in [-0.25, -0.2) is 0 Å². The van der Waals surface area contributed by atoms with Crippen molar-refractivity contribution in [3.63, 3.8) is 0 Å². The molecule has 0 saturated heterocycles. The Morgan fingerprint density at radius 2 is 1.00 bits per heavy atom. The molecule has 4 aromatic carbocycles. The third kappa shape index (κ3) is 7.04. The fraction of sp³-hybridized carbons (Fsp3) is 0. The maximum atomic E-state index is 12.2. The Morgan fingerprint density at radius 3 is 1.44 bits per heavy atom. The van der Waals surface area contributed by atoms with Crippen LogP contribution < -0.4 is 5.73 Å². The molecule has 0 aromatic heterocycles. The number of benzene rings is 4. The smallest absolute Gasteiger partial charge is 0.296 e. The average molecular weight is 704 g/mol. The second kappa shape index (κ2) is 11.4. The number of hydrogen-bond acceptors (Lipinski definition) is 15. The second-order valence-corrected chi connectivity index (χ2v) is 14.4. The zero-order chi connectivity index (χ0) is 33.7. The Kier molecular flexibility index (Phi) is 8.42. The predicted octanol–water partition coefficient (Wildman–Crippen LogP) is 3.65. The van der Waals surface area contributed by atoms with E-state index in [1.54, 1.807) is 0 Å². The second-order valence-electron chi connectivity index (χ2n) is 8.76. The summed E-state index contributed by atoms with van der Waals surface area (Å²) in [5.41, 5.74) is 2.47. The van der Waals surface area contributed by atoms with Crippen LogP contribution in [0.1, 0.15) is 0 Å². The Bertz CT molecular complexity index is 2390. The molecule has 23 heteroatoms. The van der Waals surface area contributed by atoms with Gasteiger partial charge in [0.15, 0.2) is 11.5 Å². The van der Waals surface area contributed by atoms with E-state index >= 15 is 0 Å². The SMILES string of the molecule is Nc1ccc(/N=N/c2c(S(=O)(=O)O)cc3cc(S(=O)(=O)O)c(/N=N/c4ccc(S(=O)(=O)O)cc4)c(O)c3c2O)c(S(=O)(=O)O)c1. The van der Waals surface area contributed by atoms with Gasteiger partial charge in [-0.1, -0.05) is 0 Å². The van der Waals surface area contributed by atoms with Gasteiger partial charge in [-0.3, -0.25) is 18.2 Å². The topological polar surface area (TPSA) is 333 Å². The molecule has 0 spiro atoms. The summed E-state index contributed by atoms with van der Waals surface area (Å²) in [6.45, 7) is 0. The lowest BCUT2D eigenvalue weighted by molar-refractivity contribution is 0.458. The van der Waals surface area contributed by atoms with Crippen molar-refractivity contribution in [2.45, 2.75) is 19.6 Å². The molecule has 0 atom stereocenters. The van der Waals surface area contributed by atoms with Gasteiger partial charge in [0.05, 0.1) is 16.0 Å². The van der Waals surface area contributed by atoms with E-state index in [1.807, 2.05) is 0 Å². The molecule has 0 aliphatic heterocycles. The molecule has 45 heavy (non-hydrogen) atoms. The third-order valence-corrected chi connectivity index (χ3v) is 9.21. The van der Waals surface area contributed by atoms with Crippen molar-refractivity contribution < 1.29 is 62.1 Å². The van der Waals surface area contributed by atoms with E-state index in [0.29, 0.717) is 12.1 Å². The summed E-state index contributed by atoms with van der Waals surface area (Å²) < 4.78 is 133. The lowest BCUT2D eigenvalue weighted by atomic mass is 10.1. The molecule has 4 aromatic rings. The molecule has 0 unspecified atom stereocenters.